The smallest absolute Gasteiger partial charge is 0.416 e. The van der Waals surface area contributed by atoms with E-state index in [-0.39, 0.29) is 24.7 Å². The summed E-state index contributed by atoms with van der Waals surface area (Å²) in [4.78, 5) is 37.4. The van der Waals surface area contributed by atoms with Gasteiger partial charge in [0, 0.05) is 24.9 Å². The lowest BCUT2D eigenvalue weighted by Crippen LogP contribution is -2.39. The predicted octanol–water partition coefficient (Wildman–Crippen LogP) is 3.11. The van der Waals surface area contributed by atoms with Gasteiger partial charge in [-0.3, -0.25) is 19.6 Å². The summed E-state index contributed by atoms with van der Waals surface area (Å²) >= 11 is 0. The molecule has 0 aliphatic rings. The Kier molecular flexibility index (Phi) is 5.92. The monoisotopic (exact) mass is 414 g/mol. The van der Waals surface area contributed by atoms with Crippen LogP contribution in [-0.2, 0) is 9.47 Å². The van der Waals surface area contributed by atoms with Gasteiger partial charge in [-0.2, -0.15) is 0 Å². The van der Waals surface area contributed by atoms with Crippen molar-refractivity contribution in [3.63, 3.8) is 0 Å². The van der Waals surface area contributed by atoms with Gasteiger partial charge in [0.25, 0.3) is 5.69 Å². The summed E-state index contributed by atoms with van der Waals surface area (Å²) in [5.74, 6) is 0.284. The van der Waals surface area contributed by atoms with Gasteiger partial charge in [0.15, 0.2) is 17.0 Å². The first-order valence-electron chi connectivity index (χ1n) is 9.13. The second-order valence-corrected chi connectivity index (χ2v) is 7.38. The second-order valence-electron chi connectivity index (χ2n) is 7.38. The fraction of sp³-hybridized carbons (Fsp3) is 0.368. The molecule has 0 unspecified atom stereocenters. The Hall–Kier alpha value is -3.60. The van der Waals surface area contributed by atoms with Crippen LogP contribution >= 0.6 is 0 Å². The van der Waals surface area contributed by atoms with Gasteiger partial charge >= 0.3 is 6.09 Å². The van der Waals surface area contributed by atoms with E-state index in [1.54, 1.807) is 37.5 Å². The zero-order valence-electron chi connectivity index (χ0n) is 17.1. The van der Waals surface area contributed by atoms with Crippen LogP contribution in [-0.4, -0.2) is 56.4 Å². The van der Waals surface area contributed by atoms with Gasteiger partial charge in [0.2, 0.25) is 0 Å². The minimum absolute atomic E-state index is 0.0193. The molecule has 2 heterocycles. The fourth-order valence-corrected chi connectivity index (χ4v) is 2.73. The summed E-state index contributed by atoms with van der Waals surface area (Å²) in [6.07, 6.45) is 2.27. The number of ether oxygens (including phenoxy) is 2. The van der Waals surface area contributed by atoms with Gasteiger partial charge < -0.3 is 9.47 Å². The first-order valence-corrected chi connectivity index (χ1v) is 9.13. The van der Waals surface area contributed by atoms with Crippen molar-refractivity contribution in [2.24, 2.45) is 0 Å². The maximum absolute atomic E-state index is 12.8. The zero-order valence-corrected chi connectivity index (χ0v) is 17.1. The van der Waals surface area contributed by atoms with Crippen LogP contribution in [0.2, 0.25) is 0 Å². The molecule has 0 atom stereocenters. The molecule has 3 aromatic rings. The first-order chi connectivity index (χ1) is 14.2. The number of hydrogen-bond acceptors (Lipinski definition) is 8. The average Bonchev–Trinajstić information content (AvgIpc) is 3.12. The van der Waals surface area contributed by atoms with Crippen LogP contribution in [0.1, 0.15) is 20.8 Å². The number of fused-ring (bicyclic) bond motifs is 1. The van der Waals surface area contributed by atoms with E-state index in [0.717, 1.165) is 0 Å². The summed E-state index contributed by atoms with van der Waals surface area (Å²) in [7, 11) is 1.53. The van der Waals surface area contributed by atoms with E-state index in [9.17, 15) is 14.9 Å². The number of anilines is 1. The SMILES string of the molecule is COCCN(C(=O)OC(C)(C)C)c1ncnc2c1ncn2-c1ccc([N+](=O)[O-])cc1. The highest BCUT2D eigenvalue weighted by Crippen LogP contribution is 2.26. The van der Waals surface area contributed by atoms with Crippen molar-refractivity contribution in [2.45, 2.75) is 26.4 Å². The maximum atomic E-state index is 12.8. The maximum Gasteiger partial charge on any atom is 0.416 e. The van der Waals surface area contributed by atoms with E-state index < -0.39 is 16.6 Å². The quantitative estimate of drug-likeness (QED) is 0.445. The van der Waals surface area contributed by atoms with Crippen molar-refractivity contribution >= 4 is 28.8 Å². The molecule has 11 nitrogen and oxygen atoms in total. The van der Waals surface area contributed by atoms with Crippen LogP contribution in [0, 0.1) is 10.1 Å². The molecule has 0 bridgehead atoms. The lowest BCUT2D eigenvalue weighted by atomic mass is 10.2. The fourth-order valence-electron chi connectivity index (χ4n) is 2.73. The Bertz CT molecular complexity index is 1060. The third-order valence-corrected chi connectivity index (χ3v) is 4.04. The molecule has 11 heteroatoms. The molecule has 0 saturated heterocycles. The molecule has 0 aliphatic heterocycles. The summed E-state index contributed by atoms with van der Waals surface area (Å²) < 4.78 is 12.3. The van der Waals surface area contributed by atoms with Gasteiger partial charge in [-0.1, -0.05) is 0 Å². The topological polar surface area (TPSA) is 126 Å². The Balaban J connectivity index is 2.03. The molecule has 0 aliphatic carbocycles. The highest BCUT2D eigenvalue weighted by Gasteiger charge is 2.27. The van der Waals surface area contributed by atoms with E-state index in [0.29, 0.717) is 16.9 Å². The van der Waals surface area contributed by atoms with Gasteiger partial charge in [0.05, 0.1) is 18.1 Å². The van der Waals surface area contributed by atoms with Crippen molar-refractivity contribution < 1.29 is 19.2 Å². The molecular formula is C19H22N6O5. The highest BCUT2D eigenvalue weighted by molar-refractivity contribution is 5.95. The Morgan fingerprint density at radius 2 is 1.90 bits per heavy atom. The van der Waals surface area contributed by atoms with Crippen LogP contribution in [0.15, 0.2) is 36.9 Å². The van der Waals surface area contributed by atoms with E-state index >= 15 is 0 Å². The Labute approximate surface area is 172 Å². The normalized spacial score (nSPS) is 11.5. The van der Waals surface area contributed by atoms with Crippen LogP contribution in [0.3, 0.4) is 0 Å². The zero-order chi connectivity index (χ0) is 21.9. The summed E-state index contributed by atoms with van der Waals surface area (Å²) in [5, 5.41) is 10.9. The summed E-state index contributed by atoms with van der Waals surface area (Å²) in [6.45, 7) is 5.81. The van der Waals surface area contributed by atoms with Gasteiger partial charge in [0.1, 0.15) is 18.3 Å². The van der Waals surface area contributed by atoms with E-state index in [2.05, 4.69) is 15.0 Å². The largest absolute Gasteiger partial charge is 0.443 e. The number of rotatable bonds is 6. The number of non-ortho nitro benzene ring substituents is 1. The van der Waals surface area contributed by atoms with Crippen molar-refractivity contribution in [3.05, 3.63) is 47.0 Å². The minimum Gasteiger partial charge on any atom is -0.443 e. The van der Waals surface area contributed by atoms with Crippen LogP contribution in [0.25, 0.3) is 16.9 Å². The molecule has 0 radical (unpaired) electrons. The standard InChI is InChI=1S/C19H22N6O5/c1-19(2,3)30-18(26)23(9-10-29-4)16-15-17(21-11-20-16)24(12-22-15)13-5-7-14(8-6-13)25(27)28/h5-8,11-12H,9-10H2,1-4H3. The Morgan fingerprint density at radius 3 is 2.50 bits per heavy atom. The van der Waals surface area contributed by atoms with Gasteiger partial charge in [-0.25, -0.2) is 19.7 Å². The van der Waals surface area contributed by atoms with E-state index in [1.807, 2.05) is 0 Å². The van der Waals surface area contributed by atoms with Crippen LogP contribution in [0.4, 0.5) is 16.3 Å². The molecule has 0 N–H and O–H groups in total. The number of imidazole rings is 1. The predicted molar refractivity (Wildman–Crippen MR) is 109 cm³/mol. The summed E-state index contributed by atoms with van der Waals surface area (Å²) in [6, 6.07) is 5.99. The molecular weight excluding hydrogens is 392 g/mol. The van der Waals surface area contributed by atoms with Gasteiger partial charge in [-0.05, 0) is 32.9 Å². The van der Waals surface area contributed by atoms with Crippen molar-refractivity contribution in [1.82, 2.24) is 19.5 Å². The summed E-state index contributed by atoms with van der Waals surface area (Å²) in [5.41, 5.74) is 0.757. The molecule has 1 aromatic carbocycles. The number of benzene rings is 1. The molecule has 3 rings (SSSR count). The molecule has 0 spiro atoms. The molecule has 1 amide bonds. The molecule has 0 saturated carbocycles. The lowest BCUT2D eigenvalue weighted by molar-refractivity contribution is -0.384. The first kappa shape index (κ1) is 21.1. The van der Waals surface area contributed by atoms with E-state index in [1.165, 1.54) is 36.8 Å². The number of nitrogens with zero attached hydrogens (tertiary/aromatic N) is 6. The lowest BCUT2D eigenvalue weighted by Gasteiger charge is -2.26. The number of carbonyl (C=O) groups excluding carboxylic acids is 1. The Morgan fingerprint density at radius 1 is 1.20 bits per heavy atom. The van der Waals surface area contributed by atoms with Crippen LogP contribution in [0.5, 0.6) is 0 Å². The average molecular weight is 414 g/mol. The van der Waals surface area contributed by atoms with Crippen LogP contribution < -0.4 is 4.90 Å². The number of amides is 1. The minimum atomic E-state index is -0.688. The number of nitro benzene ring substituents is 1. The number of methoxy groups -OCH3 is 1. The third-order valence-electron chi connectivity index (χ3n) is 4.04. The van der Waals surface area contributed by atoms with Crippen molar-refractivity contribution in [1.29, 1.82) is 0 Å². The number of carbonyl (C=O) groups is 1. The van der Waals surface area contributed by atoms with Crippen molar-refractivity contribution in [3.8, 4) is 5.69 Å². The number of aromatic nitrogens is 4. The molecule has 158 valence electrons. The number of hydrogen-bond donors (Lipinski definition) is 0. The molecule has 30 heavy (non-hydrogen) atoms. The molecule has 2 aromatic heterocycles. The number of nitro groups is 1. The van der Waals surface area contributed by atoms with Crippen molar-refractivity contribution in [2.75, 3.05) is 25.2 Å². The second kappa shape index (κ2) is 8.41. The van der Waals surface area contributed by atoms with E-state index in [4.69, 9.17) is 9.47 Å². The highest BCUT2D eigenvalue weighted by atomic mass is 16.6. The van der Waals surface area contributed by atoms with Gasteiger partial charge in [-0.15, -0.1) is 0 Å². The third kappa shape index (κ3) is 4.51. The molecule has 0 fully saturated rings.